The molecule has 0 spiro atoms. The number of benzene rings is 2. The Labute approximate surface area is 154 Å². The van der Waals surface area contributed by atoms with Gasteiger partial charge in [-0.05, 0) is 25.3 Å². The second-order valence-electron chi connectivity index (χ2n) is 6.48. The molecule has 0 radical (unpaired) electrons. The van der Waals surface area contributed by atoms with Gasteiger partial charge in [0.15, 0.2) is 11.7 Å². The van der Waals surface area contributed by atoms with Gasteiger partial charge in [-0.15, -0.1) is 0 Å². The molecule has 4 nitrogen and oxygen atoms in total. The topological polar surface area (TPSA) is 55.1 Å². The Kier molecular flexibility index (Phi) is 6.20. The van der Waals surface area contributed by atoms with E-state index in [4.69, 9.17) is 4.42 Å². The van der Waals surface area contributed by atoms with E-state index in [1.54, 1.807) is 6.20 Å². The van der Waals surface area contributed by atoms with Crippen molar-refractivity contribution in [2.24, 2.45) is 0 Å². The number of carbonyl (C=O) groups is 1. The Bertz CT molecular complexity index is 812. The first-order chi connectivity index (χ1) is 12.7. The average molecular weight is 348 g/mol. The predicted molar refractivity (Wildman–Crippen MR) is 103 cm³/mol. The number of nitrogens with one attached hydrogen (secondary N) is 1. The molecular weight excluding hydrogens is 324 g/mol. The molecule has 1 aromatic heterocycles. The number of carbonyl (C=O) groups excluding carboxylic acids is 1. The molecule has 26 heavy (non-hydrogen) atoms. The second kappa shape index (κ2) is 8.99. The maximum Gasteiger partial charge on any atom is 0.220 e. The monoisotopic (exact) mass is 348 g/mol. The average Bonchev–Trinajstić information content (AvgIpc) is 3.15. The number of nitrogens with zero attached hydrogens (tertiary/aromatic N) is 1. The highest BCUT2D eigenvalue weighted by molar-refractivity contribution is 5.76. The minimum absolute atomic E-state index is 0.0324. The van der Waals surface area contributed by atoms with Gasteiger partial charge >= 0.3 is 0 Å². The van der Waals surface area contributed by atoms with Crippen molar-refractivity contribution in [1.29, 1.82) is 0 Å². The SMILES string of the molecule is C[C@@H](CCc1ccccc1)NC(=O)CCc1ncc(-c2ccccc2)o1. The van der Waals surface area contributed by atoms with E-state index in [0.29, 0.717) is 18.7 Å². The molecule has 1 amide bonds. The van der Waals surface area contributed by atoms with Crippen molar-refractivity contribution >= 4 is 5.91 Å². The quantitative estimate of drug-likeness (QED) is 0.656. The summed E-state index contributed by atoms with van der Waals surface area (Å²) in [5.41, 5.74) is 2.28. The molecule has 4 heteroatoms. The highest BCUT2D eigenvalue weighted by Crippen LogP contribution is 2.20. The van der Waals surface area contributed by atoms with Gasteiger partial charge in [-0.1, -0.05) is 60.7 Å². The summed E-state index contributed by atoms with van der Waals surface area (Å²) in [5, 5.41) is 3.05. The molecule has 0 aliphatic carbocycles. The lowest BCUT2D eigenvalue weighted by molar-refractivity contribution is -0.121. The van der Waals surface area contributed by atoms with Crippen molar-refractivity contribution in [3.05, 3.63) is 78.3 Å². The Hall–Kier alpha value is -2.88. The van der Waals surface area contributed by atoms with Crippen LogP contribution in [0.2, 0.25) is 0 Å². The lowest BCUT2D eigenvalue weighted by Crippen LogP contribution is -2.33. The van der Waals surface area contributed by atoms with Crippen molar-refractivity contribution in [2.45, 2.75) is 38.6 Å². The minimum atomic E-state index is 0.0324. The summed E-state index contributed by atoms with van der Waals surface area (Å²) in [5.74, 6) is 1.36. The van der Waals surface area contributed by atoms with Gasteiger partial charge in [0, 0.05) is 24.4 Å². The molecule has 2 aromatic carbocycles. The van der Waals surface area contributed by atoms with Crippen LogP contribution in [0.25, 0.3) is 11.3 Å². The third-order valence-electron chi connectivity index (χ3n) is 4.29. The Morgan fingerprint density at radius 3 is 2.46 bits per heavy atom. The van der Waals surface area contributed by atoms with Gasteiger partial charge in [-0.25, -0.2) is 4.98 Å². The van der Waals surface area contributed by atoms with E-state index in [9.17, 15) is 4.79 Å². The molecule has 0 bridgehead atoms. The fourth-order valence-corrected chi connectivity index (χ4v) is 2.83. The van der Waals surface area contributed by atoms with Crippen LogP contribution >= 0.6 is 0 Å². The number of hydrogen-bond donors (Lipinski definition) is 1. The summed E-state index contributed by atoms with van der Waals surface area (Å²) in [7, 11) is 0. The molecule has 0 aliphatic heterocycles. The number of oxazole rings is 1. The van der Waals surface area contributed by atoms with E-state index in [1.165, 1.54) is 5.56 Å². The summed E-state index contributed by atoms with van der Waals surface area (Å²) in [4.78, 5) is 16.4. The van der Waals surface area contributed by atoms with E-state index >= 15 is 0 Å². The Balaban J connectivity index is 1.42. The molecule has 0 saturated carbocycles. The predicted octanol–water partition coefficient (Wildman–Crippen LogP) is 4.41. The number of aryl methyl sites for hydroxylation is 2. The molecule has 0 fully saturated rings. The largest absolute Gasteiger partial charge is 0.441 e. The summed E-state index contributed by atoms with van der Waals surface area (Å²) < 4.78 is 5.74. The van der Waals surface area contributed by atoms with Crippen LogP contribution in [0.4, 0.5) is 0 Å². The number of aromatic nitrogens is 1. The third kappa shape index (κ3) is 5.31. The molecule has 0 aliphatic rings. The van der Waals surface area contributed by atoms with Crippen LogP contribution in [0, 0.1) is 0 Å². The van der Waals surface area contributed by atoms with Crippen molar-refractivity contribution in [1.82, 2.24) is 10.3 Å². The van der Waals surface area contributed by atoms with Crippen molar-refractivity contribution in [3.8, 4) is 11.3 Å². The zero-order valence-electron chi connectivity index (χ0n) is 15.0. The van der Waals surface area contributed by atoms with Crippen LogP contribution < -0.4 is 5.32 Å². The fraction of sp³-hybridized carbons (Fsp3) is 0.273. The molecule has 3 aromatic rings. The van der Waals surface area contributed by atoms with Gasteiger partial charge in [-0.3, -0.25) is 4.79 Å². The van der Waals surface area contributed by atoms with Gasteiger partial charge in [0.1, 0.15) is 0 Å². The van der Waals surface area contributed by atoms with Crippen molar-refractivity contribution < 1.29 is 9.21 Å². The lowest BCUT2D eigenvalue weighted by atomic mass is 10.1. The summed E-state index contributed by atoms with van der Waals surface area (Å²) in [6, 6.07) is 20.3. The van der Waals surface area contributed by atoms with Crippen LogP contribution in [0.15, 0.2) is 71.3 Å². The first kappa shape index (κ1) is 17.9. The summed E-state index contributed by atoms with van der Waals surface area (Å²) in [6.45, 7) is 2.04. The molecule has 1 heterocycles. The van der Waals surface area contributed by atoms with Gasteiger partial charge in [0.25, 0.3) is 0 Å². The number of amides is 1. The van der Waals surface area contributed by atoms with Crippen LogP contribution in [-0.4, -0.2) is 16.9 Å². The van der Waals surface area contributed by atoms with Crippen molar-refractivity contribution in [2.75, 3.05) is 0 Å². The number of hydrogen-bond acceptors (Lipinski definition) is 3. The molecule has 0 saturated heterocycles. The highest BCUT2D eigenvalue weighted by atomic mass is 16.4. The smallest absolute Gasteiger partial charge is 0.220 e. The van der Waals surface area contributed by atoms with E-state index < -0.39 is 0 Å². The van der Waals surface area contributed by atoms with Crippen molar-refractivity contribution in [3.63, 3.8) is 0 Å². The first-order valence-electron chi connectivity index (χ1n) is 9.04. The second-order valence-corrected chi connectivity index (χ2v) is 6.48. The van der Waals surface area contributed by atoms with Crippen LogP contribution in [0.3, 0.4) is 0 Å². The van der Waals surface area contributed by atoms with Gasteiger partial charge in [-0.2, -0.15) is 0 Å². The molecule has 3 rings (SSSR count). The number of rotatable bonds is 8. The van der Waals surface area contributed by atoms with E-state index in [2.05, 4.69) is 22.4 Å². The van der Waals surface area contributed by atoms with E-state index in [0.717, 1.165) is 24.2 Å². The van der Waals surface area contributed by atoms with Gasteiger partial charge in [0.2, 0.25) is 5.91 Å². The Morgan fingerprint density at radius 2 is 1.73 bits per heavy atom. The first-order valence-corrected chi connectivity index (χ1v) is 9.04. The van der Waals surface area contributed by atoms with Gasteiger partial charge < -0.3 is 9.73 Å². The zero-order chi connectivity index (χ0) is 18.2. The molecule has 1 atom stereocenters. The standard InChI is InChI=1S/C22H24N2O2/c1-17(12-13-18-8-4-2-5-9-18)24-21(25)14-15-22-23-16-20(26-22)19-10-6-3-7-11-19/h2-11,16-17H,12-15H2,1H3,(H,24,25)/t17-/m0/s1. The maximum absolute atomic E-state index is 12.1. The molecule has 134 valence electrons. The minimum Gasteiger partial charge on any atom is -0.441 e. The van der Waals surface area contributed by atoms with Crippen LogP contribution in [0.1, 0.15) is 31.2 Å². The summed E-state index contributed by atoms with van der Waals surface area (Å²) >= 11 is 0. The normalized spacial score (nSPS) is 11.9. The van der Waals surface area contributed by atoms with E-state index in [-0.39, 0.29) is 11.9 Å². The zero-order valence-corrected chi connectivity index (χ0v) is 15.0. The molecular formula is C22H24N2O2. The van der Waals surface area contributed by atoms with E-state index in [1.807, 2.05) is 55.5 Å². The lowest BCUT2D eigenvalue weighted by Gasteiger charge is -2.13. The van der Waals surface area contributed by atoms with Crippen LogP contribution in [0.5, 0.6) is 0 Å². The molecule has 0 unspecified atom stereocenters. The van der Waals surface area contributed by atoms with Crippen LogP contribution in [-0.2, 0) is 17.6 Å². The highest BCUT2D eigenvalue weighted by Gasteiger charge is 2.11. The third-order valence-corrected chi connectivity index (χ3v) is 4.29. The van der Waals surface area contributed by atoms with Gasteiger partial charge in [0.05, 0.1) is 6.20 Å². The fourth-order valence-electron chi connectivity index (χ4n) is 2.83. The maximum atomic E-state index is 12.1. The molecule has 1 N–H and O–H groups in total. The summed E-state index contributed by atoms with van der Waals surface area (Å²) in [6.07, 6.45) is 4.48. The Morgan fingerprint density at radius 1 is 1.04 bits per heavy atom.